The van der Waals surface area contributed by atoms with Gasteiger partial charge in [0.1, 0.15) is 5.75 Å². The van der Waals surface area contributed by atoms with Gasteiger partial charge in [-0.05, 0) is 23.8 Å². The first kappa shape index (κ1) is 15.1. The molecule has 2 rings (SSSR count). The Kier molecular flexibility index (Phi) is 5.24. The van der Waals surface area contributed by atoms with Gasteiger partial charge in [0.15, 0.2) is 0 Å². The van der Waals surface area contributed by atoms with E-state index < -0.39 is 0 Å². The molecule has 0 spiro atoms. The van der Waals surface area contributed by atoms with Crippen molar-refractivity contribution in [2.45, 2.75) is 26.4 Å². The highest BCUT2D eigenvalue weighted by Crippen LogP contribution is 2.30. The zero-order chi connectivity index (χ0) is 14.5. The van der Waals surface area contributed by atoms with E-state index in [0.717, 1.165) is 12.1 Å². The van der Waals surface area contributed by atoms with E-state index in [4.69, 9.17) is 27.9 Å². The molecule has 0 aliphatic heterocycles. The van der Waals surface area contributed by atoms with Crippen molar-refractivity contribution in [3.63, 3.8) is 0 Å². The molecule has 0 aliphatic rings. The molecule has 0 unspecified atom stereocenters. The van der Waals surface area contributed by atoms with Gasteiger partial charge in [-0.2, -0.15) is 0 Å². The van der Waals surface area contributed by atoms with Crippen molar-refractivity contribution in [3.05, 3.63) is 52.1 Å². The maximum Gasteiger partial charge on any atom is 0.219 e. The van der Waals surface area contributed by atoms with Crippen molar-refractivity contribution in [3.8, 4) is 11.6 Å². The van der Waals surface area contributed by atoms with Crippen molar-refractivity contribution in [1.82, 2.24) is 10.3 Å². The minimum Gasteiger partial charge on any atom is -0.437 e. The maximum atomic E-state index is 6.05. The molecule has 0 amide bonds. The molecule has 0 radical (unpaired) electrons. The van der Waals surface area contributed by atoms with Gasteiger partial charge in [-0.1, -0.05) is 43.1 Å². The number of halogens is 2. The number of aromatic nitrogens is 1. The molecule has 1 aromatic carbocycles. The second-order valence-corrected chi connectivity index (χ2v) is 5.56. The monoisotopic (exact) mass is 310 g/mol. The van der Waals surface area contributed by atoms with Gasteiger partial charge in [-0.3, -0.25) is 0 Å². The van der Waals surface area contributed by atoms with Crippen LogP contribution in [0, 0.1) is 0 Å². The summed E-state index contributed by atoms with van der Waals surface area (Å²) in [7, 11) is 0. The van der Waals surface area contributed by atoms with Crippen LogP contribution in [0.25, 0.3) is 0 Å². The van der Waals surface area contributed by atoms with Gasteiger partial charge in [0.05, 0.1) is 5.02 Å². The van der Waals surface area contributed by atoms with Crippen LogP contribution in [0.2, 0.25) is 10.0 Å². The fourth-order valence-corrected chi connectivity index (χ4v) is 2.02. The molecule has 20 heavy (non-hydrogen) atoms. The summed E-state index contributed by atoms with van der Waals surface area (Å²) in [5, 5.41) is 4.37. The first-order chi connectivity index (χ1) is 9.54. The number of hydrogen-bond donors (Lipinski definition) is 1. The first-order valence-corrected chi connectivity index (χ1v) is 7.11. The van der Waals surface area contributed by atoms with Crippen LogP contribution in [0.3, 0.4) is 0 Å². The van der Waals surface area contributed by atoms with Crippen LogP contribution in [-0.4, -0.2) is 11.0 Å². The second-order valence-electron chi connectivity index (χ2n) is 4.72. The summed E-state index contributed by atoms with van der Waals surface area (Å²) in [6.45, 7) is 4.99. The highest BCUT2D eigenvalue weighted by Gasteiger charge is 2.05. The lowest BCUT2D eigenvalue weighted by Gasteiger charge is -2.09. The average Bonchev–Trinajstić information content (AvgIpc) is 2.41. The summed E-state index contributed by atoms with van der Waals surface area (Å²) in [5.41, 5.74) is 1.10. The van der Waals surface area contributed by atoms with E-state index in [2.05, 4.69) is 24.1 Å². The van der Waals surface area contributed by atoms with Gasteiger partial charge >= 0.3 is 0 Å². The van der Waals surface area contributed by atoms with E-state index >= 15 is 0 Å². The molecule has 1 heterocycles. The van der Waals surface area contributed by atoms with Gasteiger partial charge in [0, 0.05) is 29.9 Å². The largest absolute Gasteiger partial charge is 0.437 e. The Labute approximate surface area is 128 Å². The molecule has 0 saturated carbocycles. The highest BCUT2D eigenvalue weighted by atomic mass is 35.5. The van der Waals surface area contributed by atoms with Crippen LogP contribution in [0.15, 0.2) is 36.5 Å². The summed E-state index contributed by atoms with van der Waals surface area (Å²) in [6, 6.07) is 9.33. The summed E-state index contributed by atoms with van der Waals surface area (Å²) < 4.78 is 5.62. The van der Waals surface area contributed by atoms with E-state index in [1.54, 1.807) is 24.4 Å². The molecular weight excluding hydrogens is 295 g/mol. The van der Waals surface area contributed by atoms with Crippen LogP contribution < -0.4 is 10.1 Å². The van der Waals surface area contributed by atoms with Gasteiger partial charge in [0.25, 0.3) is 0 Å². The van der Waals surface area contributed by atoms with E-state index in [1.165, 1.54) is 0 Å². The normalized spacial score (nSPS) is 10.8. The molecule has 0 aliphatic carbocycles. The molecule has 0 fully saturated rings. The van der Waals surface area contributed by atoms with Crippen LogP contribution in [0.5, 0.6) is 11.6 Å². The zero-order valence-electron chi connectivity index (χ0n) is 11.4. The molecule has 0 atom stereocenters. The van der Waals surface area contributed by atoms with Crippen molar-refractivity contribution in [2.24, 2.45) is 0 Å². The van der Waals surface area contributed by atoms with Crippen molar-refractivity contribution >= 4 is 23.2 Å². The summed E-state index contributed by atoms with van der Waals surface area (Å²) in [6.07, 6.45) is 1.79. The predicted molar refractivity (Wildman–Crippen MR) is 82.7 cm³/mol. The Morgan fingerprint density at radius 1 is 1.20 bits per heavy atom. The lowest BCUT2D eigenvalue weighted by Crippen LogP contribution is -2.21. The lowest BCUT2D eigenvalue weighted by molar-refractivity contribution is 0.462. The number of rotatable bonds is 5. The Morgan fingerprint density at radius 3 is 2.60 bits per heavy atom. The van der Waals surface area contributed by atoms with E-state index in [-0.39, 0.29) is 0 Å². The van der Waals surface area contributed by atoms with Gasteiger partial charge in [-0.25, -0.2) is 4.98 Å². The zero-order valence-corrected chi connectivity index (χ0v) is 12.9. The fourth-order valence-electron chi connectivity index (χ4n) is 1.57. The Morgan fingerprint density at radius 2 is 2.00 bits per heavy atom. The lowest BCUT2D eigenvalue weighted by atomic mass is 10.2. The number of nitrogens with one attached hydrogen (secondary N) is 1. The molecule has 3 nitrogen and oxygen atoms in total. The number of hydrogen-bond acceptors (Lipinski definition) is 3. The van der Waals surface area contributed by atoms with E-state index in [0.29, 0.717) is 27.7 Å². The van der Waals surface area contributed by atoms with E-state index in [9.17, 15) is 0 Å². The maximum absolute atomic E-state index is 6.05. The SMILES string of the molecule is CC(C)NCc1ccc(Oc2ccc(Cl)cc2Cl)nc1. The van der Waals surface area contributed by atoms with Crippen LogP contribution >= 0.6 is 23.2 Å². The third-order valence-electron chi connectivity index (χ3n) is 2.62. The second kappa shape index (κ2) is 6.93. The van der Waals surface area contributed by atoms with E-state index in [1.807, 2.05) is 12.1 Å². The average molecular weight is 311 g/mol. The fraction of sp³-hybridized carbons (Fsp3) is 0.267. The summed E-state index contributed by atoms with van der Waals surface area (Å²) >= 11 is 11.9. The van der Waals surface area contributed by atoms with Crippen molar-refractivity contribution in [2.75, 3.05) is 0 Å². The quantitative estimate of drug-likeness (QED) is 0.870. The number of ether oxygens (including phenoxy) is 1. The molecule has 0 saturated heterocycles. The number of benzene rings is 1. The minimum atomic E-state index is 0.443. The molecule has 2 aromatic rings. The van der Waals surface area contributed by atoms with Crippen molar-refractivity contribution < 1.29 is 4.74 Å². The standard InChI is InChI=1S/C15H16Cl2N2O/c1-10(2)18-8-11-3-6-15(19-9-11)20-14-5-4-12(16)7-13(14)17/h3-7,9-10,18H,8H2,1-2H3. The van der Waals surface area contributed by atoms with Crippen molar-refractivity contribution in [1.29, 1.82) is 0 Å². The third kappa shape index (κ3) is 4.37. The van der Waals surface area contributed by atoms with Gasteiger partial charge in [-0.15, -0.1) is 0 Å². The predicted octanol–water partition coefficient (Wildman–Crippen LogP) is 4.68. The third-order valence-corrected chi connectivity index (χ3v) is 3.15. The highest BCUT2D eigenvalue weighted by molar-refractivity contribution is 6.35. The van der Waals surface area contributed by atoms with Crippen LogP contribution in [0.4, 0.5) is 0 Å². The molecule has 1 aromatic heterocycles. The van der Waals surface area contributed by atoms with Crippen LogP contribution in [0.1, 0.15) is 19.4 Å². The molecular formula is C15H16Cl2N2O. The first-order valence-electron chi connectivity index (χ1n) is 6.36. The number of nitrogens with zero attached hydrogens (tertiary/aromatic N) is 1. The molecule has 1 N–H and O–H groups in total. The summed E-state index contributed by atoms with van der Waals surface area (Å²) in [4.78, 5) is 4.26. The number of pyridine rings is 1. The Bertz CT molecular complexity index is 571. The van der Waals surface area contributed by atoms with Gasteiger partial charge < -0.3 is 10.1 Å². The molecule has 0 bridgehead atoms. The Hall–Kier alpha value is -1.29. The molecule has 106 valence electrons. The Balaban J connectivity index is 2.03. The van der Waals surface area contributed by atoms with Gasteiger partial charge in [0.2, 0.25) is 5.88 Å². The molecule has 5 heteroatoms. The summed E-state index contributed by atoms with van der Waals surface area (Å²) in [5.74, 6) is 1.04. The van der Waals surface area contributed by atoms with Crippen LogP contribution in [-0.2, 0) is 6.54 Å². The smallest absolute Gasteiger partial charge is 0.219 e. The minimum absolute atomic E-state index is 0.443. The topological polar surface area (TPSA) is 34.1 Å².